The smallest absolute Gasteiger partial charge is 0.659 e. The summed E-state index contributed by atoms with van der Waals surface area (Å²) < 4.78 is 77.7. The zero-order chi connectivity index (χ0) is 19.5. The third-order valence-corrected chi connectivity index (χ3v) is 3.97. The van der Waals surface area contributed by atoms with Gasteiger partial charge in [0.15, 0.2) is 0 Å². The largest absolute Gasteiger partial charge is 3.00 e. The summed E-state index contributed by atoms with van der Waals surface area (Å²) in [6, 6.07) is 7.47. The summed E-state index contributed by atoms with van der Waals surface area (Å²) in [5, 5.41) is 8.16. The molecule has 0 heterocycles. The predicted molar refractivity (Wildman–Crippen MR) is 97.0 cm³/mol. The molecule has 0 aliphatic heterocycles. The molecule has 0 bridgehead atoms. The van der Waals surface area contributed by atoms with Crippen molar-refractivity contribution in [2.45, 2.75) is 24.4 Å². The molecule has 2 atom stereocenters. The minimum absolute atomic E-state index is 0. The molecule has 2 N–H and O–H groups in total. The molecule has 0 aliphatic carbocycles. The molecular formula is C19H21F6IrN2O. The van der Waals surface area contributed by atoms with Crippen LogP contribution >= 0.6 is 0 Å². The van der Waals surface area contributed by atoms with Gasteiger partial charge in [-0.1, -0.05) is 47.5 Å². The first-order valence-electron chi connectivity index (χ1n) is 7.60. The maximum Gasteiger partial charge on any atom is 3.00 e. The Morgan fingerprint density at radius 1 is 0.690 bits per heavy atom. The van der Waals surface area contributed by atoms with Gasteiger partial charge in [0.2, 0.25) is 0 Å². The Morgan fingerprint density at radius 2 is 1.00 bits per heavy atom. The van der Waals surface area contributed by atoms with Crippen LogP contribution < -0.4 is 0 Å². The van der Waals surface area contributed by atoms with Crippen LogP contribution in [0.4, 0.5) is 26.3 Å². The number of benzene rings is 2. The van der Waals surface area contributed by atoms with Crippen LogP contribution in [-0.2, 0) is 32.5 Å². The van der Waals surface area contributed by atoms with Crippen LogP contribution in [-0.4, -0.2) is 19.6 Å². The first-order valence-corrected chi connectivity index (χ1v) is 7.60. The third kappa shape index (κ3) is 7.38. The zero-order valence-corrected chi connectivity index (χ0v) is 18.2. The van der Waals surface area contributed by atoms with Crippen molar-refractivity contribution in [2.75, 3.05) is 14.1 Å². The van der Waals surface area contributed by atoms with Crippen molar-refractivity contribution in [3.63, 3.8) is 0 Å². The molecule has 0 amide bonds. The molecule has 2 aromatic carbocycles. The fourth-order valence-electron chi connectivity index (χ4n) is 2.74. The number of nitrogens with zero attached hydrogens (tertiary/aromatic N) is 2. The third-order valence-electron chi connectivity index (χ3n) is 3.97. The molecule has 2 aromatic rings. The van der Waals surface area contributed by atoms with Gasteiger partial charge < -0.3 is 23.5 Å². The maximum absolute atomic E-state index is 12.9. The molecule has 29 heavy (non-hydrogen) atoms. The fourth-order valence-corrected chi connectivity index (χ4v) is 2.74. The molecular weight excluding hydrogens is 578 g/mol. The van der Waals surface area contributed by atoms with Crippen LogP contribution in [0.25, 0.3) is 10.6 Å². The number of halogens is 6. The number of rotatable bonds is 5. The normalized spacial score (nSPS) is 13.4. The molecule has 10 heteroatoms. The Bertz CT molecular complexity index is 688. The van der Waals surface area contributed by atoms with Gasteiger partial charge >= 0.3 is 32.5 Å². The minimum Gasteiger partial charge on any atom is -0.659 e. The summed E-state index contributed by atoms with van der Waals surface area (Å²) in [6.07, 6.45) is -9.05. The molecule has 0 saturated heterocycles. The van der Waals surface area contributed by atoms with Crippen LogP contribution in [0.1, 0.15) is 34.3 Å². The summed E-state index contributed by atoms with van der Waals surface area (Å²) in [6.45, 7) is 0. The van der Waals surface area contributed by atoms with E-state index < -0.39 is 35.6 Å². The summed E-state index contributed by atoms with van der Waals surface area (Å²) in [5.41, 5.74) is -1.23. The van der Waals surface area contributed by atoms with Gasteiger partial charge in [-0.3, -0.25) is 0 Å². The quantitative estimate of drug-likeness (QED) is 0.293. The van der Waals surface area contributed by atoms with Gasteiger partial charge in [0.1, 0.15) is 0 Å². The van der Waals surface area contributed by atoms with E-state index in [2.05, 4.69) is 10.6 Å². The van der Waals surface area contributed by atoms with E-state index in [0.717, 1.165) is 24.3 Å². The number of likely N-dealkylation sites (N-methyl/N-ethyl adjacent to an activating group) is 2. The van der Waals surface area contributed by atoms with Gasteiger partial charge in [-0.15, -0.1) is 12.1 Å². The zero-order valence-electron chi connectivity index (χ0n) is 15.8. The van der Waals surface area contributed by atoms with Gasteiger partial charge in [0.25, 0.3) is 0 Å². The molecule has 0 aromatic heterocycles. The fraction of sp³-hybridized carbons (Fsp3) is 0.316. The van der Waals surface area contributed by atoms with Gasteiger partial charge in [-0.2, -0.15) is 40.4 Å². The molecule has 164 valence electrons. The molecule has 3 nitrogen and oxygen atoms in total. The van der Waals surface area contributed by atoms with Gasteiger partial charge in [-0.25, -0.2) is 0 Å². The Hall–Kier alpha value is -1.45. The summed E-state index contributed by atoms with van der Waals surface area (Å²) in [4.78, 5) is 0. The Kier molecular flexibility index (Phi) is 12.0. The summed E-state index contributed by atoms with van der Waals surface area (Å²) in [7, 11) is 2.80. The van der Waals surface area contributed by atoms with E-state index in [1.54, 1.807) is 0 Å². The number of alkyl halides is 6. The standard InChI is InChI=1S/C18H16F6N2.CH3.Ir.H2O/c1-25-15(11-5-3-7-13(9-11)17(19,20)21)16(26-2)12-6-4-8-14(10-12)18(22,23)24;;;/h3-10,15-16H,1-2H3;1H3;;1H2/q-2;-1;+3;/t15-,16-;;;/m1.../s1. The SMILES string of the molecule is C[N-][C@H](c1cccc(C(F)(F)F)c1)[C@H]([N-]C)c1cccc(C(F)(F)F)c1.O.[CH3-].[Ir+3]. The van der Waals surface area contributed by atoms with Crippen LogP contribution in [0.5, 0.6) is 0 Å². The monoisotopic (exact) mass is 600 g/mol. The van der Waals surface area contributed by atoms with Crippen molar-refractivity contribution < 1.29 is 51.9 Å². The Labute approximate surface area is 179 Å². The minimum atomic E-state index is -4.52. The van der Waals surface area contributed by atoms with E-state index in [1.165, 1.54) is 38.4 Å². The molecule has 0 radical (unpaired) electrons. The van der Waals surface area contributed by atoms with Crippen LogP contribution in [0.2, 0.25) is 0 Å². The van der Waals surface area contributed by atoms with Crippen molar-refractivity contribution in [3.05, 3.63) is 88.8 Å². The van der Waals surface area contributed by atoms with Crippen LogP contribution in [0.3, 0.4) is 0 Å². The molecule has 0 unspecified atom stereocenters. The molecule has 0 fully saturated rings. The van der Waals surface area contributed by atoms with E-state index in [0.29, 0.717) is 0 Å². The number of hydrogen-bond donors (Lipinski definition) is 0. The summed E-state index contributed by atoms with van der Waals surface area (Å²) >= 11 is 0. The van der Waals surface area contributed by atoms with Crippen LogP contribution in [0, 0.1) is 7.43 Å². The second-order valence-electron chi connectivity index (χ2n) is 5.65. The van der Waals surface area contributed by atoms with Crippen molar-refractivity contribution in [3.8, 4) is 0 Å². The Morgan fingerprint density at radius 3 is 1.24 bits per heavy atom. The van der Waals surface area contributed by atoms with E-state index >= 15 is 0 Å². The topological polar surface area (TPSA) is 59.7 Å². The average Bonchev–Trinajstić information content (AvgIpc) is 2.58. The first kappa shape index (κ1) is 29.7. The van der Waals surface area contributed by atoms with Crippen molar-refractivity contribution >= 4 is 0 Å². The van der Waals surface area contributed by atoms with E-state index in [4.69, 9.17) is 0 Å². The van der Waals surface area contributed by atoms with Gasteiger partial charge in [-0.05, 0) is 12.1 Å². The number of hydrogen-bond acceptors (Lipinski definition) is 0. The second-order valence-corrected chi connectivity index (χ2v) is 5.65. The second kappa shape index (κ2) is 11.7. The van der Waals surface area contributed by atoms with E-state index in [1.807, 2.05) is 0 Å². The molecule has 2 rings (SSSR count). The van der Waals surface area contributed by atoms with Gasteiger partial charge in [0, 0.05) is 0 Å². The average molecular weight is 600 g/mol. The van der Waals surface area contributed by atoms with Crippen molar-refractivity contribution in [2.24, 2.45) is 0 Å². The van der Waals surface area contributed by atoms with Gasteiger partial charge in [0.05, 0.1) is 11.1 Å². The van der Waals surface area contributed by atoms with Crippen LogP contribution in [0.15, 0.2) is 48.5 Å². The molecule has 0 aliphatic rings. The van der Waals surface area contributed by atoms with E-state index in [-0.39, 0.29) is 44.1 Å². The van der Waals surface area contributed by atoms with Crippen molar-refractivity contribution in [1.29, 1.82) is 0 Å². The maximum atomic E-state index is 12.9. The molecule has 0 saturated carbocycles. The predicted octanol–water partition coefficient (Wildman–Crippen LogP) is 6.14. The summed E-state index contributed by atoms with van der Waals surface area (Å²) in [5.74, 6) is 0. The van der Waals surface area contributed by atoms with Crippen molar-refractivity contribution in [1.82, 2.24) is 0 Å². The van der Waals surface area contributed by atoms with E-state index in [9.17, 15) is 26.3 Å². The Balaban J connectivity index is 0. The molecule has 0 spiro atoms. The first-order chi connectivity index (χ1) is 12.1.